The maximum absolute atomic E-state index is 13.1. The molecule has 7 nitrogen and oxygen atoms in total. The van der Waals surface area contributed by atoms with Crippen LogP contribution in [0.5, 0.6) is 5.75 Å². The summed E-state index contributed by atoms with van der Waals surface area (Å²) < 4.78 is 43.4. The number of halogens is 1. The van der Waals surface area contributed by atoms with E-state index in [1.165, 1.54) is 0 Å². The van der Waals surface area contributed by atoms with Crippen molar-refractivity contribution >= 4 is 21.7 Å². The third-order valence-corrected chi connectivity index (χ3v) is 3.51. The third-order valence-electron chi connectivity index (χ3n) is 2.26. The van der Waals surface area contributed by atoms with Crippen molar-refractivity contribution in [3.8, 4) is 5.75 Å². The number of hydrogen-bond acceptors (Lipinski definition) is 5. The highest BCUT2D eigenvalue weighted by Crippen LogP contribution is 2.23. The van der Waals surface area contributed by atoms with Crippen LogP contribution in [0.4, 0.5) is 10.1 Å². The molecule has 0 spiro atoms. The second-order valence-electron chi connectivity index (χ2n) is 3.70. The Morgan fingerprint density at radius 3 is 2.50 bits per heavy atom. The number of carbonyl (C=O) groups is 1. The van der Waals surface area contributed by atoms with Crippen LogP contribution in [0.3, 0.4) is 0 Å². The van der Waals surface area contributed by atoms with E-state index in [1.807, 2.05) is 4.72 Å². The van der Waals surface area contributed by atoms with Gasteiger partial charge in [-0.3, -0.25) is 4.72 Å². The zero-order valence-corrected chi connectivity index (χ0v) is 10.5. The smallest absolute Gasteiger partial charge is 0.371 e. The number of carboxylic acid groups (broad SMARTS) is 1. The number of furan rings is 1. The Labute approximate surface area is 112 Å². The molecular weight excluding hydrogens is 293 g/mol. The SMILES string of the molecule is O=C(O)c1ccc(S(=O)(=O)Nc2ccc(O)c(F)c2)o1. The van der Waals surface area contributed by atoms with Crippen LogP contribution in [-0.2, 0) is 10.0 Å². The molecule has 0 atom stereocenters. The average Bonchev–Trinajstić information content (AvgIpc) is 2.84. The second kappa shape index (κ2) is 4.85. The summed E-state index contributed by atoms with van der Waals surface area (Å²) in [5.41, 5.74) is -0.145. The van der Waals surface area contributed by atoms with Gasteiger partial charge in [0.1, 0.15) is 0 Å². The monoisotopic (exact) mass is 301 g/mol. The minimum Gasteiger partial charge on any atom is -0.505 e. The zero-order chi connectivity index (χ0) is 14.9. The molecule has 0 unspecified atom stereocenters. The number of hydrogen-bond donors (Lipinski definition) is 3. The van der Waals surface area contributed by atoms with Gasteiger partial charge in [0.05, 0.1) is 5.69 Å². The minimum atomic E-state index is -4.18. The van der Waals surface area contributed by atoms with Crippen molar-refractivity contribution in [3.05, 3.63) is 41.9 Å². The number of aromatic hydroxyl groups is 1. The Balaban J connectivity index is 2.30. The van der Waals surface area contributed by atoms with Crippen LogP contribution >= 0.6 is 0 Å². The van der Waals surface area contributed by atoms with E-state index in [4.69, 9.17) is 10.2 Å². The minimum absolute atomic E-state index is 0.145. The van der Waals surface area contributed by atoms with E-state index in [2.05, 4.69) is 4.42 Å². The normalized spacial score (nSPS) is 11.2. The summed E-state index contributed by atoms with van der Waals surface area (Å²) in [6.45, 7) is 0. The van der Waals surface area contributed by atoms with E-state index in [-0.39, 0.29) is 5.69 Å². The highest BCUT2D eigenvalue weighted by Gasteiger charge is 2.21. The molecule has 1 heterocycles. The molecule has 106 valence electrons. The number of aromatic carboxylic acids is 1. The lowest BCUT2D eigenvalue weighted by atomic mass is 10.3. The first-order valence-electron chi connectivity index (χ1n) is 5.14. The van der Waals surface area contributed by atoms with Crippen LogP contribution in [-0.4, -0.2) is 24.6 Å². The van der Waals surface area contributed by atoms with Gasteiger partial charge in [-0.25, -0.2) is 9.18 Å². The number of phenolic OH excluding ortho intramolecular Hbond substituents is 1. The molecule has 0 aliphatic carbocycles. The molecule has 1 aromatic carbocycles. The van der Waals surface area contributed by atoms with Gasteiger partial charge in [0, 0.05) is 6.07 Å². The van der Waals surface area contributed by atoms with Crippen LogP contribution in [0, 0.1) is 5.82 Å². The number of sulfonamides is 1. The fourth-order valence-electron chi connectivity index (χ4n) is 1.36. The predicted octanol–water partition coefficient (Wildman–Crippen LogP) is 1.62. The Kier molecular flexibility index (Phi) is 3.36. The van der Waals surface area contributed by atoms with Crippen LogP contribution in [0.25, 0.3) is 0 Å². The first kappa shape index (κ1) is 13.9. The van der Waals surface area contributed by atoms with Crippen LogP contribution in [0.2, 0.25) is 0 Å². The Morgan fingerprint density at radius 2 is 1.95 bits per heavy atom. The average molecular weight is 301 g/mol. The maximum Gasteiger partial charge on any atom is 0.371 e. The molecule has 2 rings (SSSR count). The largest absolute Gasteiger partial charge is 0.505 e. The van der Waals surface area contributed by atoms with E-state index in [0.29, 0.717) is 0 Å². The highest BCUT2D eigenvalue weighted by molar-refractivity contribution is 7.92. The molecule has 20 heavy (non-hydrogen) atoms. The highest BCUT2D eigenvalue weighted by atomic mass is 32.2. The van der Waals surface area contributed by atoms with Gasteiger partial charge < -0.3 is 14.6 Å². The van der Waals surface area contributed by atoms with Crippen molar-refractivity contribution in [3.63, 3.8) is 0 Å². The first-order valence-corrected chi connectivity index (χ1v) is 6.62. The summed E-state index contributed by atoms with van der Waals surface area (Å²) >= 11 is 0. The molecule has 0 saturated carbocycles. The number of rotatable bonds is 4. The fraction of sp³-hybridized carbons (Fsp3) is 0. The fourth-order valence-corrected chi connectivity index (χ4v) is 2.34. The molecule has 0 aliphatic rings. The van der Waals surface area contributed by atoms with E-state index < -0.39 is 38.4 Å². The molecule has 0 amide bonds. The van der Waals surface area contributed by atoms with E-state index >= 15 is 0 Å². The molecule has 0 aliphatic heterocycles. The predicted molar refractivity (Wildman–Crippen MR) is 64.5 cm³/mol. The molecular formula is C11H8FNO6S. The molecule has 3 N–H and O–H groups in total. The van der Waals surface area contributed by atoms with Crippen LogP contribution < -0.4 is 4.72 Å². The summed E-state index contributed by atoms with van der Waals surface area (Å²) in [6.07, 6.45) is 0. The van der Waals surface area contributed by atoms with Gasteiger partial charge in [-0.2, -0.15) is 8.42 Å². The van der Waals surface area contributed by atoms with Crippen LogP contribution in [0.15, 0.2) is 39.8 Å². The lowest BCUT2D eigenvalue weighted by Gasteiger charge is -2.06. The van der Waals surface area contributed by atoms with E-state index in [9.17, 15) is 17.6 Å². The second-order valence-corrected chi connectivity index (χ2v) is 5.31. The number of benzene rings is 1. The molecule has 0 bridgehead atoms. The van der Waals surface area contributed by atoms with Gasteiger partial charge in [0.2, 0.25) is 10.9 Å². The van der Waals surface area contributed by atoms with Crippen molar-refractivity contribution in [2.24, 2.45) is 0 Å². The summed E-state index contributed by atoms with van der Waals surface area (Å²) in [4.78, 5) is 10.6. The maximum atomic E-state index is 13.1. The van der Waals surface area contributed by atoms with Gasteiger partial charge >= 0.3 is 5.97 Å². The standard InChI is InChI=1S/C11H8FNO6S/c12-7-5-6(1-2-8(7)14)13-20(17,18)10-4-3-9(19-10)11(15)16/h1-5,13-14H,(H,15,16). The quantitative estimate of drug-likeness (QED) is 0.739. The topological polar surface area (TPSA) is 117 Å². The molecule has 0 fully saturated rings. The summed E-state index contributed by atoms with van der Waals surface area (Å²) in [5, 5.41) is 17.0. The molecule has 2 aromatic rings. The van der Waals surface area contributed by atoms with Crippen molar-refractivity contribution in [2.75, 3.05) is 4.72 Å². The van der Waals surface area contributed by atoms with E-state index in [0.717, 1.165) is 30.3 Å². The van der Waals surface area contributed by atoms with Gasteiger partial charge in [0.15, 0.2) is 11.6 Å². The first-order chi connectivity index (χ1) is 9.29. The molecule has 9 heteroatoms. The number of carboxylic acids is 1. The molecule has 1 aromatic heterocycles. The molecule has 0 saturated heterocycles. The van der Waals surface area contributed by atoms with Gasteiger partial charge in [-0.15, -0.1) is 0 Å². The van der Waals surface area contributed by atoms with Gasteiger partial charge in [0.25, 0.3) is 10.0 Å². The van der Waals surface area contributed by atoms with Gasteiger partial charge in [-0.05, 0) is 24.3 Å². The number of nitrogens with one attached hydrogen (secondary N) is 1. The number of phenols is 1. The summed E-state index contributed by atoms with van der Waals surface area (Å²) in [5.74, 6) is -3.58. The third kappa shape index (κ3) is 2.72. The Hall–Kier alpha value is -2.55. The van der Waals surface area contributed by atoms with Crippen LogP contribution in [0.1, 0.15) is 10.6 Å². The summed E-state index contributed by atoms with van der Waals surface area (Å²) in [7, 11) is -4.18. The lowest BCUT2D eigenvalue weighted by molar-refractivity contribution is 0.0656. The molecule has 0 radical (unpaired) electrons. The summed E-state index contributed by atoms with van der Waals surface area (Å²) in [6, 6.07) is 4.82. The van der Waals surface area contributed by atoms with Gasteiger partial charge in [-0.1, -0.05) is 0 Å². The Morgan fingerprint density at radius 1 is 1.25 bits per heavy atom. The zero-order valence-electron chi connectivity index (χ0n) is 9.70. The van der Waals surface area contributed by atoms with Crippen molar-refractivity contribution in [1.82, 2.24) is 0 Å². The Bertz CT molecular complexity index is 767. The lowest BCUT2D eigenvalue weighted by Crippen LogP contribution is -2.12. The van der Waals surface area contributed by atoms with Crippen molar-refractivity contribution in [2.45, 2.75) is 5.09 Å². The van der Waals surface area contributed by atoms with E-state index in [1.54, 1.807) is 0 Å². The van der Waals surface area contributed by atoms with Crippen molar-refractivity contribution < 1.29 is 32.2 Å². The van der Waals surface area contributed by atoms with Crippen molar-refractivity contribution in [1.29, 1.82) is 0 Å². The number of anilines is 1.